The van der Waals surface area contributed by atoms with Gasteiger partial charge in [0.25, 0.3) is 0 Å². The highest BCUT2D eigenvalue weighted by molar-refractivity contribution is 5.68. The Labute approximate surface area is 254 Å². The van der Waals surface area contributed by atoms with Gasteiger partial charge in [-0.15, -0.1) is 0 Å². The number of fused-ring (bicyclic) bond motifs is 2. The summed E-state index contributed by atoms with van der Waals surface area (Å²) < 4.78 is 5.54. The lowest BCUT2D eigenvalue weighted by Crippen LogP contribution is -2.52. The van der Waals surface area contributed by atoms with E-state index in [0.29, 0.717) is 48.2 Å². The van der Waals surface area contributed by atoms with E-state index in [-0.39, 0.29) is 12.1 Å². The van der Waals surface area contributed by atoms with Crippen LogP contribution in [0.3, 0.4) is 0 Å². The summed E-state index contributed by atoms with van der Waals surface area (Å²) in [5.74, 6) is 2.31. The molecule has 1 aromatic heterocycles. The molecule has 1 heterocycles. The van der Waals surface area contributed by atoms with Gasteiger partial charge in [0, 0.05) is 25.7 Å². The van der Waals surface area contributed by atoms with Gasteiger partial charge in [-0.25, -0.2) is 9.78 Å². The van der Waals surface area contributed by atoms with Crippen LogP contribution in [0.5, 0.6) is 0 Å². The number of nitrogens with zero attached hydrogens (tertiary/aromatic N) is 3. The third-order valence-corrected chi connectivity index (χ3v) is 8.46. The van der Waals surface area contributed by atoms with Crippen LogP contribution in [0, 0.1) is 29.1 Å². The van der Waals surface area contributed by atoms with Gasteiger partial charge in [-0.05, 0) is 98.6 Å². The van der Waals surface area contributed by atoms with Crippen molar-refractivity contribution in [1.29, 1.82) is 5.26 Å². The molecule has 2 saturated carbocycles. The van der Waals surface area contributed by atoms with Crippen LogP contribution >= 0.6 is 0 Å². The molecule has 0 radical (unpaired) electrons. The summed E-state index contributed by atoms with van der Waals surface area (Å²) in [6, 6.07) is 19.0. The fourth-order valence-corrected chi connectivity index (χ4v) is 6.56. The number of hydrogen-bond acceptors (Lipinski definition) is 8. The zero-order valence-electron chi connectivity index (χ0n) is 25.4. The maximum atomic E-state index is 12.5. The molecule has 1 amide bonds. The number of nitriles is 1. The Balaban J connectivity index is 1.19. The molecule has 9 heteroatoms. The minimum Gasteiger partial charge on any atom is -0.444 e. The van der Waals surface area contributed by atoms with Crippen molar-refractivity contribution < 1.29 is 9.53 Å². The van der Waals surface area contributed by atoms with Crippen molar-refractivity contribution >= 4 is 17.9 Å². The highest BCUT2D eigenvalue weighted by Gasteiger charge is 2.41. The lowest BCUT2D eigenvalue weighted by Gasteiger charge is -2.46. The first-order valence-corrected chi connectivity index (χ1v) is 15.3. The Kier molecular flexibility index (Phi) is 9.46. The van der Waals surface area contributed by atoms with Crippen LogP contribution in [0.4, 0.5) is 16.6 Å². The third-order valence-electron chi connectivity index (χ3n) is 8.46. The average molecular weight is 582 g/mol. The number of alkyl carbamates (subject to hydrolysis) is 1. The number of amides is 1. The second-order valence-corrected chi connectivity index (χ2v) is 12.9. The number of nitrogens with one attached hydrogen (secondary N) is 3. The number of hydrogen-bond donors (Lipinski definition) is 4. The Morgan fingerprint density at radius 1 is 1.05 bits per heavy atom. The molecular weight excluding hydrogens is 538 g/mol. The normalized spacial score (nSPS) is 21.4. The molecule has 226 valence electrons. The van der Waals surface area contributed by atoms with Crippen molar-refractivity contribution in [1.82, 2.24) is 15.3 Å². The van der Waals surface area contributed by atoms with Crippen LogP contribution in [0.1, 0.15) is 69.6 Å². The van der Waals surface area contributed by atoms with E-state index in [0.717, 1.165) is 54.5 Å². The topological polar surface area (TPSA) is 138 Å². The molecule has 2 unspecified atom stereocenters. The van der Waals surface area contributed by atoms with E-state index in [1.165, 1.54) is 6.42 Å². The molecule has 9 nitrogen and oxygen atoms in total. The molecule has 0 spiro atoms. The number of rotatable bonds is 9. The molecule has 5 rings (SSSR count). The Hall–Kier alpha value is -4.16. The minimum absolute atomic E-state index is 0.160. The first-order chi connectivity index (χ1) is 20.7. The number of carbonyl (C=O) groups is 1. The van der Waals surface area contributed by atoms with Gasteiger partial charge in [0.15, 0.2) is 0 Å². The van der Waals surface area contributed by atoms with Crippen LogP contribution < -0.4 is 21.7 Å². The van der Waals surface area contributed by atoms with E-state index in [2.05, 4.69) is 62.3 Å². The van der Waals surface area contributed by atoms with Gasteiger partial charge in [0.05, 0.1) is 6.20 Å². The molecule has 2 bridgehead atoms. The van der Waals surface area contributed by atoms with Crippen molar-refractivity contribution in [3.63, 3.8) is 0 Å². The van der Waals surface area contributed by atoms with Crippen molar-refractivity contribution in [2.75, 3.05) is 17.2 Å². The number of aromatic nitrogens is 2. The summed E-state index contributed by atoms with van der Waals surface area (Å²) in [4.78, 5) is 21.5. The fraction of sp³-hybridized carbons (Fsp3) is 0.471. The van der Waals surface area contributed by atoms with Crippen LogP contribution in [0.15, 0.2) is 54.7 Å². The monoisotopic (exact) mass is 581 g/mol. The molecule has 0 aliphatic heterocycles. The van der Waals surface area contributed by atoms with Crippen molar-refractivity contribution in [2.24, 2.45) is 23.5 Å². The van der Waals surface area contributed by atoms with E-state index in [1.807, 2.05) is 39.0 Å². The van der Waals surface area contributed by atoms with Crippen molar-refractivity contribution in [2.45, 2.75) is 77.6 Å². The molecule has 2 aliphatic carbocycles. The van der Waals surface area contributed by atoms with Gasteiger partial charge in [-0.3, -0.25) is 0 Å². The molecule has 3 aromatic rings. The predicted molar refractivity (Wildman–Crippen MR) is 169 cm³/mol. The van der Waals surface area contributed by atoms with Gasteiger partial charge in [0.2, 0.25) is 5.95 Å². The van der Waals surface area contributed by atoms with Crippen LogP contribution in [-0.2, 0) is 17.8 Å². The summed E-state index contributed by atoms with van der Waals surface area (Å²) in [5.41, 5.74) is 10.2. The second-order valence-electron chi connectivity index (χ2n) is 12.9. The van der Waals surface area contributed by atoms with Gasteiger partial charge in [-0.2, -0.15) is 10.2 Å². The SMILES string of the molecule is CC(C)(C)OC(=O)NC1[C@@H]2CCC[C@H]1CC(CNc1nc(NCc3cccc(-c4cccc(CN)c4)c3)ncc1C#N)C2. The Bertz CT molecular complexity index is 1450. The largest absolute Gasteiger partial charge is 0.444 e. The van der Waals surface area contributed by atoms with Gasteiger partial charge in [0.1, 0.15) is 23.1 Å². The van der Waals surface area contributed by atoms with Gasteiger partial charge >= 0.3 is 6.09 Å². The zero-order valence-corrected chi connectivity index (χ0v) is 25.4. The van der Waals surface area contributed by atoms with Gasteiger partial charge in [-0.1, -0.05) is 42.8 Å². The molecule has 2 aliphatic rings. The number of anilines is 2. The molecule has 2 fully saturated rings. The summed E-state index contributed by atoms with van der Waals surface area (Å²) in [6.45, 7) is 7.45. The van der Waals surface area contributed by atoms with E-state index in [1.54, 1.807) is 6.20 Å². The number of carbonyl (C=O) groups excluding carboxylic acids is 1. The summed E-state index contributed by atoms with van der Waals surface area (Å²) in [7, 11) is 0. The zero-order chi connectivity index (χ0) is 30.4. The van der Waals surface area contributed by atoms with Crippen LogP contribution in [-0.4, -0.2) is 34.2 Å². The second kappa shape index (κ2) is 13.4. The molecule has 5 N–H and O–H groups in total. The third kappa shape index (κ3) is 8.02. The lowest BCUT2D eigenvalue weighted by atomic mass is 9.64. The predicted octanol–water partition coefficient (Wildman–Crippen LogP) is 6.22. The number of nitrogens with two attached hydrogens (primary N) is 1. The van der Waals surface area contributed by atoms with Crippen molar-refractivity contribution in [3.8, 4) is 17.2 Å². The van der Waals surface area contributed by atoms with Crippen molar-refractivity contribution in [3.05, 3.63) is 71.4 Å². The average Bonchev–Trinajstić information content (AvgIpc) is 2.98. The lowest BCUT2D eigenvalue weighted by molar-refractivity contribution is 0.0324. The molecule has 2 aromatic carbocycles. The molecule has 0 saturated heterocycles. The standard InChI is InChI=1S/C34H43N7O2/c1-34(2,3)43-33(42)40-30-27-11-6-12-28(30)16-24(15-27)20-37-31-29(18-36)21-39-32(41-31)38-19-23-8-5-10-26(14-23)25-9-4-7-22(13-25)17-35/h4-5,7-10,13-14,21,24,27-28,30H,6,11-12,15-17,19-20,35H2,1-3H3,(H,40,42)(H2,37,38,39,41)/t24?,27-,28+,30?. The van der Waals surface area contributed by atoms with E-state index in [4.69, 9.17) is 10.5 Å². The quantitative estimate of drug-likeness (QED) is 0.234. The first-order valence-electron chi connectivity index (χ1n) is 15.3. The maximum absolute atomic E-state index is 12.5. The summed E-state index contributed by atoms with van der Waals surface area (Å²) in [5, 5.41) is 19.7. The minimum atomic E-state index is -0.509. The Morgan fingerprint density at radius 2 is 1.72 bits per heavy atom. The maximum Gasteiger partial charge on any atom is 0.407 e. The van der Waals surface area contributed by atoms with E-state index < -0.39 is 5.60 Å². The van der Waals surface area contributed by atoms with E-state index in [9.17, 15) is 10.1 Å². The highest BCUT2D eigenvalue weighted by Crippen LogP contribution is 2.43. The first kappa shape index (κ1) is 30.3. The molecule has 43 heavy (non-hydrogen) atoms. The summed E-state index contributed by atoms with van der Waals surface area (Å²) in [6.07, 6.45) is 6.71. The Morgan fingerprint density at radius 3 is 2.37 bits per heavy atom. The molecular formula is C34H43N7O2. The molecule has 4 atom stereocenters. The van der Waals surface area contributed by atoms with Gasteiger partial charge < -0.3 is 26.4 Å². The van der Waals surface area contributed by atoms with E-state index >= 15 is 0 Å². The van der Waals surface area contributed by atoms with Crippen LogP contribution in [0.25, 0.3) is 11.1 Å². The smallest absolute Gasteiger partial charge is 0.407 e. The summed E-state index contributed by atoms with van der Waals surface area (Å²) >= 11 is 0. The number of ether oxygens (including phenoxy) is 1. The van der Waals surface area contributed by atoms with Crippen LogP contribution in [0.2, 0.25) is 0 Å². The fourth-order valence-electron chi connectivity index (χ4n) is 6.56. The number of benzene rings is 2. The highest BCUT2D eigenvalue weighted by atomic mass is 16.6.